The van der Waals surface area contributed by atoms with Crippen LogP contribution >= 0.6 is 0 Å². The zero-order valence-electron chi connectivity index (χ0n) is 11.3. The van der Waals surface area contributed by atoms with Crippen molar-refractivity contribution in [3.63, 3.8) is 0 Å². The Hall–Kier alpha value is -1.57. The fourth-order valence-electron chi connectivity index (χ4n) is 2.34. The molecule has 102 valence electrons. The Morgan fingerprint density at radius 3 is 3.05 bits per heavy atom. The molecule has 4 nitrogen and oxygen atoms in total. The summed E-state index contributed by atoms with van der Waals surface area (Å²) in [5.74, 6) is 1.37. The molecule has 1 saturated heterocycles. The van der Waals surface area contributed by atoms with Crippen molar-refractivity contribution in [2.75, 3.05) is 19.8 Å². The lowest BCUT2D eigenvalue weighted by molar-refractivity contribution is 0.105. The van der Waals surface area contributed by atoms with Crippen LogP contribution in [0.3, 0.4) is 0 Å². The molecule has 2 rings (SSSR count). The summed E-state index contributed by atoms with van der Waals surface area (Å²) in [6, 6.07) is 9.81. The fraction of sp³-hybridized carbons (Fsp3) is 0.533. The first kappa shape index (κ1) is 13.9. The highest BCUT2D eigenvalue weighted by molar-refractivity contribution is 5.33. The van der Waals surface area contributed by atoms with E-state index in [0.29, 0.717) is 12.0 Å². The zero-order valence-corrected chi connectivity index (χ0v) is 11.3. The molecule has 1 aliphatic heterocycles. The molecule has 0 radical (unpaired) electrons. The van der Waals surface area contributed by atoms with E-state index in [9.17, 15) is 0 Å². The second kappa shape index (κ2) is 7.13. The van der Waals surface area contributed by atoms with Gasteiger partial charge in [0.05, 0.1) is 6.10 Å². The van der Waals surface area contributed by atoms with Gasteiger partial charge in [-0.2, -0.15) is 5.26 Å². The molecule has 1 aliphatic rings. The van der Waals surface area contributed by atoms with Gasteiger partial charge in [-0.1, -0.05) is 18.2 Å². The van der Waals surface area contributed by atoms with E-state index in [1.807, 2.05) is 30.3 Å². The van der Waals surface area contributed by atoms with Crippen LogP contribution in [-0.2, 0) is 11.3 Å². The van der Waals surface area contributed by atoms with Crippen LogP contribution in [0, 0.1) is 17.2 Å². The Balaban J connectivity index is 1.83. The van der Waals surface area contributed by atoms with E-state index in [0.717, 1.165) is 37.4 Å². The summed E-state index contributed by atoms with van der Waals surface area (Å²) in [5, 5.41) is 12.0. The largest absolute Gasteiger partial charge is 0.478 e. The Morgan fingerprint density at radius 2 is 2.32 bits per heavy atom. The van der Waals surface area contributed by atoms with Crippen molar-refractivity contribution in [3.05, 3.63) is 29.8 Å². The van der Waals surface area contributed by atoms with Crippen molar-refractivity contribution in [1.29, 1.82) is 5.26 Å². The maximum atomic E-state index is 8.56. The minimum absolute atomic E-state index is 0.0878. The average Bonchev–Trinajstić information content (AvgIpc) is 2.83. The number of benzene rings is 1. The van der Waals surface area contributed by atoms with Gasteiger partial charge in [0, 0.05) is 25.3 Å². The van der Waals surface area contributed by atoms with Gasteiger partial charge in [-0.05, 0) is 25.3 Å². The fourth-order valence-corrected chi connectivity index (χ4v) is 2.34. The Kier molecular flexibility index (Phi) is 5.20. The summed E-state index contributed by atoms with van der Waals surface area (Å²) in [4.78, 5) is 0. The highest BCUT2D eigenvalue weighted by Gasteiger charge is 2.23. The normalized spacial score (nSPS) is 22.1. The van der Waals surface area contributed by atoms with Crippen molar-refractivity contribution < 1.29 is 9.47 Å². The van der Waals surface area contributed by atoms with E-state index < -0.39 is 0 Å². The summed E-state index contributed by atoms with van der Waals surface area (Å²) < 4.78 is 10.9. The smallest absolute Gasteiger partial charge is 0.174 e. The summed E-state index contributed by atoms with van der Waals surface area (Å²) in [6.07, 6.45) is 1.47. The molecule has 0 aromatic heterocycles. The van der Waals surface area contributed by atoms with Gasteiger partial charge < -0.3 is 14.8 Å². The number of hydrogen-bond acceptors (Lipinski definition) is 4. The standard InChI is InChI=1S/C15H20N2O2/c1-12-13(6-8-18-12)10-17-11-14-4-2-3-5-15(14)19-9-7-16/h2-5,12-13,17H,6,8-11H2,1H3. The van der Waals surface area contributed by atoms with Crippen molar-refractivity contribution in [2.45, 2.75) is 26.0 Å². The maximum Gasteiger partial charge on any atom is 0.174 e. The third-order valence-corrected chi connectivity index (χ3v) is 3.52. The molecule has 0 bridgehead atoms. The molecule has 0 amide bonds. The van der Waals surface area contributed by atoms with Gasteiger partial charge >= 0.3 is 0 Å². The summed E-state index contributed by atoms with van der Waals surface area (Å²) in [7, 11) is 0. The highest BCUT2D eigenvalue weighted by atomic mass is 16.5. The number of ether oxygens (including phenoxy) is 2. The van der Waals surface area contributed by atoms with E-state index in [2.05, 4.69) is 12.2 Å². The molecule has 2 unspecified atom stereocenters. The van der Waals surface area contributed by atoms with Crippen LogP contribution in [0.2, 0.25) is 0 Å². The number of nitrogens with zero attached hydrogens (tertiary/aromatic N) is 1. The van der Waals surface area contributed by atoms with Gasteiger partial charge in [-0.15, -0.1) is 0 Å². The first-order chi connectivity index (χ1) is 9.31. The average molecular weight is 260 g/mol. The zero-order chi connectivity index (χ0) is 13.5. The first-order valence-electron chi connectivity index (χ1n) is 6.71. The van der Waals surface area contributed by atoms with Gasteiger partial charge in [0.2, 0.25) is 0 Å². The number of rotatable bonds is 6. The lowest BCUT2D eigenvalue weighted by Gasteiger charge is -2.15. The minimum Gasteiger partial charge on any atom is -0.478 e. The van der Waals surface area contributed by atoms with Crippen molar-refractivity contribution in [2.24, 2.45) is 5.92 Å². The maximum absolute atomic E-state index is 8.56. The summed E-state index contributed by atoms with van der Waals surface area (Å²) >= 11 is 0. The predicted octanol–water partition coefficient (Wildman–Crippen LogP) is 2.10. The van der Waals surface area contributed by atoms with Crippen molar-refractivity contribution in [3.8, 4) is 11.8 Å². The van der Waals surface area contributed by atoms with Gasteiger partial charge in [-0.3, -0.25) is 0 Å². The first-order valence-corrected chi connectivity index (χ1v) is 6.71. The second-order valence-corrected chi connectivity index (χ2v) is 4.81. The van der Waals surface area contributed by atoms with E-state index in [1.165, 1.54) is 0 Å². The van der Waals surface area contributed by atoms with Crippen molar-refractivity contribution in [1.82, 2.24) is 5.32 Å². The monoisotopic (exact) mass is 260 g/mol. The van der Waals surface area contributed by atoms with Crippen LogP contribution in [0.15, 0.2) is 24.3 Å². The Bertz CT molecular complexity index is 442. The van der Waals surface area contributed by atoms with Gasteiger partial charge in [0.1, 0.15) is 11.8 Å². The molecule has 1 heterocycles. The van der Waals surface area contributed by atoms with E-state index >= 15 is 0 Å². The number of hydrogen-bond donors (Lipinski definition) is 1. The van der Waals surface area contributed by atoms with Crippen LogP contribution in [0.1, 0.15) is 18.9 Å². The summed E-state index contributed by atoms with van der Waals surface area (Å²) in [5.41, 5.74) is 1.09. The third kappa shape index (κ3) is 3.95. The van der Waals surface area contributed by atoms with Gasteiger partial charge in [0.15, 0.2) is 6.61 Å². The molecule has 2 atom stereocenters. The predicted molar refractivity (Wildman–Crippen MR) is 72.8 cm³/mol. The molecular formula is C15H20N2O2. The van der Waals surface area contributed by atoms with Crippen LogP contribution in [0.25, 0.3) is 0 Å². The number of para-hydroxylation sites is 1. The lowest BCUT2D eigenvalue weighted by atomic mass is 10.0. The van der Waals surface area contributed by atoms with E-state index in [4.69, 9.17) is 14.7 Å². The lowest BCUT2D eigenvalue weighted by Crippen LogP contribution is -2.26. The number of nitrogens with one attached hydrogen (secondary N) is 1. The van der Waals surface area contributed by atoms with Crippen LogP contribution < -0.4 is 10.1 Å². The molecule has 19 heavy (non-hydrogen) atoms. The molecule has 0 saturated carbocycles. The second-order valence-electron chi connectivity index (χ2n) is 4.81. The van der Waals surface area contributed by atoms with Crippen LogP contribution in [-0.4, -0.2) is 25.9 Å². The number of nitriles is 1. The topological polar surface area (TPSA) is 54.3 Å². The SMILES string of the molecule is CC1OCCC1CNCc1ccccc1OCC#N. The molecule has 1 aromatic rings. The summed E-state index contributed by atoms with van der Waals surface area (Å²) in [6.45, 7) is 4.79. The van der Waals surface area contributed by atoms with Gasteiger partial charge in [0.25, 0.3) is 0 Å². The molecular weight excluding hydrogens is 240 g/mol. The molecule has 4 heteroatoms. The quantitative estimate of drug-likeness (QED) is 0.851. The van der Waals surface area contributed by atoms with Crippen LogP contribution in [0.5, 0.6) is 5.75 Å². The molecule has 1 aromatic carbocycles. The van der Waals surface area contributed by atoms with E-state index in [-0.39, 0.29) is 6.61 Å². The molecule has 1 N–H and O–H groups in total. The van der Waals surface area contributed by atoms with Gasteiger partial charge in [-0.25, -0.2) is 0 Å². The Morgan fingerprint density at radius 1 is 1.47 bits per heavy atom. The molecule has 1 fully saturated rings. The van der Waals surface area contributed by atoms with Crippen molar-refractivity contribution >= 4 is 0 Å². The minimum atomic E-state index is 0.0878. The Labute approximate surface area is 114 Å². The van der Waals surface area contributed by atoms with E-state index in [1.54, 1.807) is 0 Å². The van der Waals surface area contributed by atoms with Crippen LogP contribution in [0.4, 0.5) is 0 Å². The molecule has 0 aliphatic carbocycles. The highest BCUT2D eigenvalue weighted by Crippen LogP contribution is 2.21. The third-order valence-electron chi connectivity index (χ3n) is 3.52. The molecule has 0 spiro atoms.